The molecular weight excluding hydrogens is 316 g/mol. The van der Waals surface area contributed by atoms with Crippen LogP contribution >= 0.6 is 0 Å². The minimum atomic E-state index is 0.357. The Balaban J connectivity index is 1.61. The van der Waals surface area contributed by atoms with E-state index in [0.717, 1.165) is 25.1 Å². The maximum atomic E-state index is 6.15. The second-order valence-electron chi connectivity index (χ2n) is 5.87. The van der Waals surface area contributed by atoms with E-state index in [-0.39, 0.29) is 0 Å². The third-order valence-corrected chi connectivity index (χ3v) is 3.98. The topological polar surface area (TPSA) is 90.9 Å². The maximum absolute atomic E-state index is 6.15. The Labute approximate surface area is 146 Å². The SMILES string of the molecule is Cc1ccc(Oc2ncnc(NCCCn3ccnc3)c2N)cc1C. The summed E-state index contributed by atoms with van der Waals surface area (Å²) >= 11 is 0. The molecule has 0 aliphatic rings. The third-order valence-electron chi connectivity index (χ3n) is 3.98. The van der Waals surface area contributed by atoms with E-state index < -0.39 is 0 Å². The molecule has 0 amide bonds. The number of benzene rings is 1. The Morgan fingerprint density at radius 2 is 2.08 bits per heavy atom. The molecule has 1 aromatic carbocycles. The van der Waals surface area contributed by atoms with Crippen molar-refractivity contribution in [3.63, 3.8) is 0 Å². The molecule has 0 aliphatic heterocycles. The Morgan fingerprint density at radius 3 is 2.84 bits per heavy atom. The zero-order valence-electron chi connectivity index (χ0n) is 14.4. The summed E-state index contributed by atoms with van der Waals surface area (Å²) in [5.41, 5.74) is 8.92. The average molecular weight is 338 g/mol. The van der Waals surface area contributed by atoms with E-state index in [0.29, 0.717) is 23.1 Å². The van der Waals surface area contributed by atoms with E-state index in [1.54, 1.807) is 12.5 Å². The standard InChI is InChI=1S/C18H22N6O/c1-13-4-5-15(10-14(13)2)25-18-16(19)17(22-11-23-18)21-6-3-8-24-9-7-20-12-24/h4-5,7,9-12H,3,6,8,19H2,1-2H3,(H,21,22,23). The van der Waals surface area contributed by atoms with Crippen molar-refractivity contribution >= 4 is 11.5 Å². The van der Waals surface area contributed by atoms with Gasteiger partial charge in [-0.05, 0) is 43.5 Å². The molecule has 0 aliphatic carbocycles. The first-order valence-electron chi connectivity index (χ1n) is 8.18. The molecule has 3 rings (SSSR count). The number of aryl methyl sites for hydroxylation is 3. The van der Waals surface area contributed by atoms with E-state index in [1.165, 1.54) is 11.9 Å². The van der Waals surface area contributed by atoms with Crippen molar-refractivity contribution in [3.05, 3.63) is 54.4 Å². The number of ether oxygens (including phenoxy) is 1. The van der Waals surface area contributed by atoms with Gasteiger partial charge in [-0.1, -0.05) is 6.07 Å². The van der Waals surface area contributed by atoms with Gasteiger partial charge in [0.25, 0.3) is 0 Å². The Hall–Kier alpha value is -3.09. The third kappa shape index (κ3) is 4.26. The van der Waals surface area contributed by atoms with Crippen LogP contribution in [0, 0.1) is 13.8 Å². The molecule has 7 nitrogen and oxygen atoms in total. The van der Waals surface area contributed by atoms with Crippen LogP contribution in [-0.2, 0) is 6.54 Å². The molecule has 25 heavy (non-hydrogen) atoms. The number of imidazole rings is 1. The summed E-state index contributed by atoms with van der Waals surface area (Å²) in [5.74, 6) is 1.65. The first-order chi connectivity index (χ1) is 12.1. The van der Waals surface area contributed by atoms with Crippen molar-refractivity contribution in [1.29, 1.82) is 0 Å². The van der Waals surface area contributed by atoms with Gasteiger partial charge in [-0.15, -0.1) is 0 Å². The number of nitrogen functional groups attached to an aromatic ring is 1. The fourth-order valence-electron chi connectivity index (χ4n) is 2.38. The summed E-state index contributed by atoms with van der Waals surface area (Å²) in [6, 6.07) is 5.88. The van der Waals surface area contributed by atoms with Gasteiger partial charge in [0.15, 0.2) is 5.82 Å². The number of hydrogen-bond donors (Lipinski definition) is 2. The summed E-state index contributed by atoms with van der Waals surface area (Å²) in [6.07, 6.45) is 7.88. The van der Waals surface area contributed by atoms with E-state index >= 15 is 0 Å². The second-order valence-corrected chi connectivity index (χ2v) is 5.87. The highest BCUT2D eigenvalue weighted by molar-refractivity contribution is 5.66. The predicted octanol–water partition coefficient (Wildman–Crippen LogP) is 3.17. The summed E-state index contributed by atoms with van der Waals surface area (Å²) in [7, 11) is 0. The van der Waals surface area contributed by atoms with Gasteiger partial charge in [-0.25, -0.2) is 9.97 Å². The fraction of sp³-hybridized carbons (Fsp3) is 0.278. The highest BCUT2D eigenvalue weighted by Gasteiger charge is 2.10. The molecule has 2 heterocycles. The number of nitrogens with one attached hydrogen (secondary N) is 1. The molecule has 0 saturated carbocycles. The summed E-state index contributed by atoms with van der Waals surface area (Å²) in [4.78, 5) is 12.4. The first kappa shape index (κ1) is 16.8. The van der Waals surface area contributed by atoms with E-state index in [9.17, 15) is 0 Å². The fourth-order valence-corrected chi connectivity index (χ4v) is 2.38. The number of rotatable bonds is 7. The average Bonchev–Trinajstić information content (AvgIpc) is 3.11. The summed E-state index contributed by atoms with van der Waals surface area (Å²) < 4.78 is 7.85. The monoisotopic (exact) mass is 338 g/mol. The second kappa shape index (κ2) is 7.65. The molecule has 0 atom stereocenters. The predicted molar refractivity (Wildman–Crippen MR) is 97.8 cm³/mol. The molecule has 0 saturated heterocycles. The minimum absolute atomic E-state index is 0.357. The van der Waals surface area contributed by atoms with Crippen molar-refractivity contribution in [3.8, 4) is 11.6 Å². The van der Waals surface area contributed by atoms with Gasteiger partial charge < -0.3 is 20.4 Å². The smallest absolute Gasteiger partial charge is 0.248 e. The zero-order valence-corrected chi connectivity index (χ0v) is 14.4. The first-order valence-corrected chi connectivity index (χ1v) is 8.18. The van der Waals surface area contributed by atoms with Gasteiger partial charge in [0.1, 0.15) is 17.8 Å². The van der Waals surface area contributed by atoms with Crippen LogP contribution < -0.4 is 15.8 Å². The van der Waals surface area contributed by atoms with Crippen molar-refractivity contribution in [2.45, 2.75) is 26.8 Å². The molecule has 0 spiro atoms. The van der Waals surface area contributed by atoms with Crippen molar-refractivity contribution in [2.75, 3.05) is 17.6 Å². The van der Waals surface area contributed by atoms with Gasteiger partial charge in [0.2, 0.25) is 5.88 Å². The molecule has 130 valence electrons. The quantitative estimate of drug-likeness (QED) is 0.643. The van der Waals surface area contributed by atoms with Gasteiger partial charge in [0, 0.05) is 25.5 Å². The number of anilines is 2. The zero-order chi connectivity index (χ0) is 17.6. The molecule has 0 radical (unpaired) electrons. The molecule has 0 fully saturated rings. The lowest BCUT2D eigenvalue weighted by atomic mass is 10.1. The summed E-state index contributed by atoms with van der Waals surface area (Å²) in [6.45, 7) is 5.72. The summed E-state index contributed by atoms with van der Waals surface area (Å²) in [5, 5.41) is 3.23. The molecular formula is C18H22N6O. The van der Waals surface area contributed by atoms with Crippen LogP contribution in [0.5, 0.6) is 11.6 Å². The number of nitrogens with two attached hydrogens (primary N) is 1. The Kier molecular flexibility index (Phi) is 5.13. The molecule has 0 bridgehead atoms. The van der Waals surface area contributed by atoms with Crippen LogP contribution in [0.25, 0.3) is 0 Å². The van der Waals surface area contributed by atoms with Gasteiger partial charge in [0.05, 0.1) is 6.33 Å². The number of hydrogen-bond acceptors (Lipinski definition) is 6. The van der Waals surface area contributed by atoms with Gasteiger partial charge >= 0.3 is 0 Å². The number of nitrogens with zero attached hydrogens (tertiary/aromatic N) is 4. The normalized spacial score (nSPS) is 10.6. The molecule has 0 unspecified atom stereocenters. The van der Waals surface area contributed by atoms with Gasteiger partial charge in [-0.3, -0.25) is 0 Å². The number of aromatic nitrogens is 4. The maximum Gasteiger partial charge on any atom is 0.248 e. The van der Waals surface area contributed by atoms with Crippen LogP contribution in [0.4, 0.5) is 11.5 Å². The van der Waals surface area contributed by atoms with Crippen LogP contribution in [0.3, 0.4) is 0 Å². The largest absolute Gasteiger partial charge is 0.437 e. The van der Waals surface area contributed by atoms with Crippen molar-refractivity contribution in [1.82, 2.24) is 19.5 Å². The van der Waals surface area contributed by atoms with E-state index in [2.05, 4.69) is 27.2 Å². The minimum Gasteiger partial charge on any atom is -0.437 e. The van der Waals surface area contributed by atoms with Crippen LogP contribution in [0.2, 0.25) is 0 Å². The highest BCUT2D eigenvalue weighted by Crippen LogP contribution is 2.29. The van der Waals surface area contributed by atoms with Gasteiger partial charge in [-0.2, -0.15) is 4.98 Å². The molecule has 7 heteroatoms. The lowest BCUT2D eigenvalue weighted by Gasteiger charge is -2.12. The highest BCUT2D eigenvalue weighted by atomic mass is 16.5. The van der Waals surface area contributed by atoms with Crippen molar-refractivity contribution in [2.24, 2.45) is 0 Å². The Bertz CT molecular complexity index is 832. The van der Waals surface area contributed by atoms with E-state index in [4.69, 9.17) is 10.5 Å². The molecule has 3 N–H and O–H groups in total. The lowest BCUT2D eigenvalue weighted by Crippen LogP contribution is -2.10. The van der Waals surface area contributed by atoms with Crippen LogP contribution in [0.15, 0.2) is 43.2 Å². The lowest BCUT2D eigenvalue weighted by molar-refractivity contribution is 0.464. The Morgan fingerprint density at radius 1 is 1.20 bits per heavy atom. The van der Waals surface area contributed by atoms with E-state index in [1.807, 2.05) is 35.9 Å². The molecule has 2 aromatic heterocycles. The van der Waals surface area contributed by atoms with Crippen LogP contribution in [0.1, 0.15) is 17.5 Å². The van der Waals surface area contributed by atoms with Crippen LogP contribution in [-0.4, -0.2) is 26.1 Å². The molecule has 3 aromatic rings. The van der Waals surface area contributed by atoms with Crippen molar-refractivity contribution < 1.29 is 4.74 Å².